The normalized spacial score (nSPS) is 14.9. The number of nitrogens with one attached hydrogen (secondary N) is 1. The fourth-order valence-electron chi connectivity index (χ4n) is 3.47. The van der Waals surface area contributed by atoms with Gasteiger partial charge in [-0.1, -0.05) is 11.6 Å². The van der Waals surface area contributed by atoms with E-state index in [9.17, 15) is 4.79 Å². The van der Waals surface area contributed by atoms with E-state index in [1.54, 1.807) is 16.9 Å². The zero-order valence-corrected chi connectivity index (χ0v) is 15.1. The van der Waals surface area contributed by atoms with Crippen LogP contribution in [0.15, 0.2) is 43.0 Å². The van der Waals surface area contributed by atoms with Gasteiger partial charge in [-0.05, 0) is 23.8 Å². The third kappa shape index (κ3) is 2.75. The van der Waals surface area contributed by atoms with Gasteiger partial charge >= 0.3 is 0 Å². The van der Waals surface area contributed by atoms with Crippen LogP contribution in [-0.4, -0.2) is 56.7 Å². The van der Waals surface area contributed by atoms with E-state index in [0.717, 1.165) is 27.7 Å². The van der Waals surface area contributed by atoms with E-state index in [-0.39, 0.29) is 5.91 Å². The number of pyridine rings is 2. The SMILES string of the molecule is O=C(c1cnn2ccc(-c3c[nH]c4ncc(Cl)cc34)cc12)N1CCOCC1. The predicted molar refractivity (Wildman–Crippen MR) is 102 cm³/mol. The van der Waals surface area contributed by atoms with E-state index in [2.05, 4.69) is 15.1 Å². The van der Waals surface area contributed by atoms with Crippen LogP contribution in [0.25, 0.3) is 27.7 Å². The summed E-state index contributed by atoms with van der Waals surface area (Å²) in [6.07, 6.45) is 7.01. The van der Waals surface area contributed by atoms with Crippen molar-refractivity contribution < 1.29 is 9.53 Å². The molecule has 1 N–H and O–H groups in total. The smallest absolute Gasteiger partial charge is 0.257 e. The highest BCUT2D eigenvalue weighted by Gasteiger charge is 2.22. The number of aromatic nitrogens is 4. The van der Waals surface area contributed by atoms with E-state index >= 15 is 0 Å². The minimum atomic E-state index is -0.0194. The molecular weight excluding hydrogens is 366 g/mol. The minimum absolute atomic E-state index is 0.0194. The Morgan fingerprint density at radius 2 is 2.07 bits per heavy atom. The van der Waals surface area contributed by atoms with Crippen LogP contribution in [0.1, 0.15) is 10.4 Å². The quantitative estimate of drug-likeness (QED) is 0.579. The summed E-state index contributed by atoms with van der Waals surface area (Å²) in [5.41, 5.74) is 4.08. The Labute approximate surface area is 159 Å². The Balaban J connectivity index is 1.60. The number of fused-ring (bicyclic) bond motifs is 2. The predicted octanol–water partition coefficient (Wildman–Crippen LogP) is 3.00. The van der Waals surface area contributed by atoms with Gasteiger partial charge in [-0.3, -0.25) is 4.79 Å². The number of hydrogen-bond donors (Lipinski definition) is 1. The van der Waals surface area contributed by atoms with Crippen LogP contribution in [0.4, 0.5) is 0 Å². The van der Waals surface area contributed by atoms with Crippen molar-refractivity contribution >= 4 is 34.1 Å². The van der Waals surface area contributed by atoms with Gasteiger partial charge in [-0.2, -0.15) is 5.10 Å². The maximum Gasteiger partial charge on any atom is 0.257 e. The molecule has 1 saturated heterocycles. The van der Waals surface area contributed by atoms with Crippen LogP contribution < -0.4 is 0 Å². The van der Waals surface area contributed by atoms with Gasteiger partial charge in [-0.25, -0.2) is 9.50 Å². The molecule has 5 heterocycles. The van der Waals surface area contributed by atoms with Crippen molar-refractivity contribution in [2.45, 2.75) is 0 Å². The Morgan fingerprint density at radius 1 is 1.22 bits per heavy atom. The first-order valence-electron chi connectivity index (χ1n) is 8.68. The zero-order valence-electron chi connectivity index (χ0n) is 14.4. The van der Waals surface area contributed by atoms with E-state index in [4.69, 9.17) is 16.3 Å². The van der Waals surface area contributed by atoms with Crippen molar-refractivity contribution in [1.82, 2.24) is 24.5 Å². The first-order chi connectivity index (χ1) is 13.2. The number of aromatic amines is 1. The number of rotatable bonds is 2. The molecule has 1 aliphatic heterocycles. The third-order valence-electron chi connectivity index (χ3n) is 4.86. The molecule has 1 fully saturated rings. The van der Waals surface area contributed by atoms with Crippen LogP contribution in [0.2, 0.25) is 5.02 Å². The molecule has 5 rings (SSSR count). The highest BCUT2D eigenvalue weighted by Crippen LogP contribution is 2.30. The molecule has 27 heavy (non-hydrogen) atoms. The Bertz CT molecular complexity index is 1160. The number of hydrogen-bond acceptors (Lipinski definition) is 4. The van der Waals surface area contributed by atoms with Crippen molar-refractivity contribution in [3.8, 4) is 11.1 Å². The molecule has 0 unspecified atom stereocenters. The second-order valence-corrected chi connectivity index (χ2v) is 6.90. The molecule has 1 aliphatic rings. The molecule has 0 aliphatic carbocycles. The van der Waals surface area contributed by atoms with Crippen molar-refractivity contribution in [1.29, 1.82) is 0 Å². The zero-order chi connectivity index (χ0) is 18.4. The molecule has 136 valence electrons. The molecule has 7 nitrogen and oxygen atoms in total. The number of ether oxygens (including phenoxy) is 1. The number of amides is 1. The molecule has 4 aromatic heterocycles. The molecule has 4 aromatic rings. The number of nitrogens with zero attached hydrogens (tertiary/aromatic N) is 4. The number of carbonyl (C=O) groups is 1. The van der Waals surface area contributed by atoms with Gasteiger partial charge in [0.2, 0.25) is 0 Å². The van der Waals surface area contributed by atoms with Crippen LogP contribution in [0, 0.1) is 0 Å². The van der Waals surface area contributed by atoms with Gasteiger partial charge in [0, 0.05) is 42.6 Å². The van der Waals surface area contributed by atoms with E-state index in [1.165, 1.54) is 0 Å². The summed E-state index contributed by atoms with van der Waals surface area (Å²) in [6, 6.07) is 5.83. The van der Waals surface area contributed by atoms with Gasteiger partial charge in [0.05, 0.1) is 35.5 Å². The molecule has 0 radical (unpaired) electrons. The molecular formula is C19H16ClN5O2. The summed E-state index contributed by atoms with van der Waals surface area (Å²) in [5, 5.41) is 5.85. The first kappa shape index (κ1) is 16.3. The lowest BCUT2D eigenvalue weighted by molar-refractivity contribution is 0.0304. The van der Waals surface area contributed by atoms with Crippen molar-refractivity contribution in [2.75, 3.05) is 26.3 Å². The molecule has 1 amide bonds. The Morgan fingerprint density at radius 3 is 2.93 bits per heavy atom. The molecule has 0 saturated carbocycles. The fraction of sp³-hybridized carbons (Fsp3) is 0.211. The first-order valence-corrected chi connectivity index (χ1v) is 9.06. The summed E-state index contributed by atoms with van der Waals surface area (Å²) in [4.78, 5) is 22.2. The van der Waals surface area contributed by atoms with Crippen molar-refractivity contribution in [2.24, 2.45) is 0 Å². The number of H-pyrrole nitrogens is 1. The maximum absolute atomic E-state index is 12.9. The summed E-state index contributed by atoms with van der Waals surface area (Å²) < 4.78 is 7.06. The van der Waals surface area contributed by atoms with Gasteiger partial charge in [0.1, 0.15) is 5.65 Å². The lowest BCUT2D eigenvalue weighted by atomic mass is 10.1. The minimum Gasteiger partial charge on any atom is -0.378 e. The lowest BCUT2D eigenvalue weighted by Crippen LogP contribution is -2.40. The maximum atomic E-state index is 12.9. The summed E-state index contributed by atoms with van der Waals surface area (Å²) >= 11 is 6.11. The second-order valence-electron chi connectivity index (χ2n) is 6.46. The van der Waals surface area contributed by atoms with Gasteiger partial charge in [0.15, 0.2) is 0 Å². The Hall–Kier alpha value is -2.90. The average molecular weight is 382 g/mol. The topological polar surface area (TPSA) is 75.5 Å². The average Bonchev–Trinajstić information content (AvgIpc) is 3.31. The van der Waals surface area contributed by atoms with Crippen molar-refractivity contribution in [3.05, 3.63) is 53.6 Å². The third-order valence-corrected chi connectivity index (χ3v) is 5.07. The van der Waals surface area contributed by atoms with E-state index < -0.39 is 0 Å². The molecule has 0 aromatic carbocycles. The largest absolute Gasteiger partial charge is 0.378 e. The van der Waals surface area contributed by atoms with E-state index in [0.29, 0.717) is 36.9 Å². The van der Waals surface area contributed by atoms with Crippen LogP contribution >= 0.6 is 11.6 Å². The summed E-state index contributed by atoms with van der Waals surface area (Å²) in [5.74, 6) is -0.0194. The lowest BCUT2D eigenvalue weighted by Gasteiger charge is -2.26. The second kappa shape index (κ2) is 6.37. The van der Waals surface area contributed by atoms with Gasteiger partial charge < -0.3 is 14.6 Å². The van der Waals surface area contributed by atoms with Crippen molar-refractivity contribution in [3.63, 3.8) is 0 Å². The number of carbonyl (C=O) groups excluding carboxylic acids is 1. The molecule has 0 spiro atoms. The Kier molecular flexibility index (Phi) is 3.84. The molecule has 0 atom stereocenters. The van der Waals surface area contributed by atoms with Crippen LogP contribution in [0.5, 0.6) is 0 Å². The van der Waals surface area contributed by atoms with Gasteiger partial charge in [0.25, 0.3) is 5.91 Å². The fourth-order valence-corrected chi connectivity index (χ4v) is 3.62. The molecule has 0 bridgehead atoms. The number of halogens is 1. The van der Waals surface area contributed by atoms with Crippen LogP contribution in [0.3, 0.4) is 0 Å². The van der Waals surface area contributed by atoms with Gasteiger partial charge in [-0.15, -0.1) is 0 Å². The van der Waals surface area contributed by atoms with Crippen LogP contribution in [-0.2, 0) is 4.74 Å². The summed E-state index contributed by atoms with van der Waals surface area (Å²) in [7, 11) is 0. The highest BCUT2D eigenvalue weighted by atomic mass is 35.5. The summed E-state index contributed by atoms with van der Waals surface area (Å²) in [6.45, 7) is 2.34. The standard InChI is InChI=1S/C19H16ClN5O2/c20-13-8-14-15(10-22-18(14)21-9-13)12-1-2-25-17(7-12)16(11-23-25)19(26)24-3-5-27-6-4-24/h1-2,7-11H,3-6H2,(H,21,22). The number of morpholine rings is 1. The molecule has 8 heteroatoms. The highest BCUT2D eigenvalue weighted by molar-refractivity contribution is 6.31. The monoisotopic (exact) mass is 381 g/mol. The van der Waals surface area contributed by atoms with E-state index in [1.807, 2.05) is 35.5 Å².